The molecule has 3 aromatic rings. The fraction of sp³-hybridized carbons (Fsp3) is 0.0714. The van der Waals surface area contributed by atoms with Gasteiger partial charge in [0.2, 0.25) is 0 Å². The van der Waals surface area contributed by atoms with Crippen molar-refractivity contribution in [2.24, 2.45) is 0 Å². The summed E-state index contributed by atoms with van der Waals surface area (Å²) in [5.74, 6) is -1.03. The number of rotatable bonds is 2. The predicted molar refractivity (Wildman–Crippen MR) is 68.0 cm³/mol. The molecular formula is C14H9O2S-. The Labute approximate surface area is 102 Å². The van der Waals surface area contributed by atoms with E-state index in [1.165, 1.54) is 0 Å². The fourth-order valence-corrected chi connectivity index (χ4v) is 3.14. The van der Waals surface area contributed by atoms with Crippen LogP contribution < -0.4 is 5.11 Å². The Hall–Kier alpha value is -1.87. The number of carbonyl (C=O) groups excluding carboxylic acids is 1. The second-order valence-electron chi connectivity index (χ2n) is 3.97. The van der Waals surface area contributed by atoms with Gasteiger partial charge in [0.15, 0.2) is 0 Å². The lowest BCUT2D eigenvalue weighted by Gasteiger charge is -2.04. The number of carboxylic acid groups (broad SMARTS) is 1. The summed E-state index contributed by atoms with van der Waals surface area (Å²) in [6, 6.07) is 12.1. The van der Waals surface area contributed by atoms with Gasteiger partial charge in [-0.1, -0.05) is 30.3 Å². The van der Waals surface area contributed by atoms with Crippen molar-refractivity contribution < 1.29 is 9.90 Å². The van der Waals surface area contributed by atoms with Crippen LogP contribution in [0.3, 0.4) is 0 Å². The van der Waals surface area contributed by atoms with Crippen LogP contribution in [0.2, 0.25) is 0 Å². The molecule has 3 rings (SSSR count). The van der Waals surface area contributed by atoms with Gasteiger partial charge >= 0.3 is 0 Å². The quantitative estimate of drug-likeness (QED) is 0.691. The van der Waals surface area contributed by atoms with E-state index >= 15 is 0 Å². The van der Waals surface area contributed by atoms with Crippen LogP contribution in [0.15, 0.2) is 41.8 Å². The fourth-order valence-electron chi connectivity index (χ4n) is 2.16. The standard InChI is InChI=1S/C14H10O2S/c15-13(16)7-10-8-17-12-6-5-9-3-1-2-4-11(9)14(10)12/h1-6,8H,7H2,(H,15,16)/p-1. The van der Waals surface area contributed by atoms with Gasteiger partial charge in [0.25, 0.3) is 0 Å². The highest BCUT2D eigenvalue weighted by Crippen LogP contribution is 2.32. The second kappa shape index (κ2) is 3.86. The van der Waals surface area contributed by atoms with E-state index in [1.54, 1.807) is 11.3 Å². The Morgan fingerprint density at radius 2 is 2.00 bits per heavy atom. The van der Waals surface area contributed by atoms with Gasteiger partial charge in [-0.25, -0.2) is 0 Å². The third-order valence-corrected chi connectivity index (χ3v) is 3.87. The molecule has 0 spiro atoms. The van der Waals surface area contributed by atoms with Gasteiger partial charge in [-0.3, -0.25) is 0 Å². The zero-order valence-electron chi connectivity index (χ0n) is 8.97. The third kappa shape index (κ3) is 1.68. The number of thiophene rings is 1. The van der Waals surface area contributed by atoms with Crippen LogP contribution in [0.5, 0.6) is 0 Å². The van der Waals surface area contributed by atoms with Gasteiger partial charge in [0.05, 0.1) is 0 Å². The average molecular weight is 241 g/mol. The van der Waals surface area contributed by atoms with E-state index in [2.05, 4.69) is 6.07 Å². The predicted octanol–water partition coefficient (Wildman–Crippen LogP) is 2.35. The molecule has 3 heteroatoms. The monoisotopic (exact) mass is 241 g/mol. The molecule has 0 unspecified atom stereocenters. The molecule has 0 saturated carbocycles. The van der Waals surface area contributed by atoms with Crippen molar-refractivity contribution >= 4 is 38.2 Å². The summed E-state index contributed by atoms with van der Waals surface area (Å²) >= 11 is 1.58. The van der Waals surface area contributed by atoms with Gasteiger partial charge in [-0.2, -0.15) is 0 Å². The lowest BCUT2D eigenvalue weighted by atomic mass is 10.0. The molecule has 0 aliphatic rings. The number of fused-ring (bicyclic) bond motifs is 3. The molecule has 0 saturated heterocycles. The van der Waals surface area contributed by atoms with Crippen LogP contribution in [0.4, 0.5) is 0 Å². The summed E-state index contributed by atoms with van der Waals surface area (Å²) in [6.45, 7) is 0. The number of aliphatic carboxylic acids is 1. The molecule has 1 heterocycles. The molecule has 2 aromatic carbocycles. The van der Waals surface area contributed by atoms with Gasteiger partial charge in [0, 0.05) is 22.5 Å². The Morgan fingerprint density at radius 3 is 2.82 bits per heavy atom. The van der Waals surface area contributed by atoms with Crippen LogP contribution in [0.25, 0.3) is 20.9 Å². The molecule has 84 valence electrons. The Balaban J connectivity index is 2.38. The van der Waals surface area contributed by atoms with Crippen molar-refractivity contribution in [3.8, 4) is 0 Å². The molecule has 0 bridgehead atoms. The van der Waals surface area contributed by atoms with Crippen LogP contribution in [0, 0.1) is 0 Å². The van der Waals surface area contributed by atoms with E-state index in [0.717, 1.165) is 26.4 Å². The normalized spacial score (nSPS) is 11.1. The number of hydrogen-bond acceptors (Lipinski definition) is 3. The Kier molecular flexibility index (Phi) is 2.34. The molecule has 0 N–H and O–H groups in total. The summed E-state index contributed by atoms with van der Waals surface area (Å²) in [5.41, 5.74) is 0.849. The van der Waals surface area contributed by atoms with Gasteiger partial charge < -0.3 is 9.90 Å². The van der Waals surface area contributed by atoms with Crippen molar-refractivity contribution in [1.29, 1.82) is 0 Å². The smallest absolute Gasteiger partial charge is 0.0458 e. The van der Waals surface area contributed by atoms with E-state index in [1.807, 2.05) is 35.7 Å². The highest BCUT2D eigenvalue weighted by molar-refractivity contribution is 7.17. The lowest BCUT2D eigenvalue weighted by molar-refractivity contribution is -0.304. The molecule has 0 atom stereocenters. The number of hydrogen-bond donors (Lipinski definition) is 0. The topological polar surface area (TPSA) is 40.1 Å². The molecule has 0 aliphatic carbocycles. The van der Waals surface area contributed by atoms with Gasteiger partial charge in [-0.15, -0.1) is 11.3 Å². The van der Waals surface area contributed by atoms with Gasteiger partial charge in [-0.05, 0) is 27.8 Å². The summed E-state index contributed by atoms with van der Waals surface area (Å²) in [7, 11) is 0. The maximum atomic E-state index is 10.7. The summed E-state index contributed by atoms with van der Waals surface area (Å²) in [6.07, 6.45) is -0.0198. The van der Waals surface area contributed by atoms with E-state index in [-0.39, 0.29) is 6.42 Å². The van der Waals surface area contributed by atoms with Crippen molar-refractivity contribution in [2.75, 3.05) is 0 Å². The molecule has 0 radical (unpaired) electrons. The third-order valence-electron chi connectivity index (χ3n) is 2.87. The lowest BCUT2D eigenvalue weighted by Crippen LogP contribution is -2.24. The van der Waals surface area contributed by atoms with Crippen molar-refractivity contribution in [3.63, 3.8) is 0 Å². The molecule has 1 aromatic heterocycles. The number of benzene rings is 2. The van der Waals surface area contributed by atoms with Crippen molar-refractivity contribution in [3.05, 3.63) is 47.3 Å². The first-order chi connectivity index (χ1) is 8.25. The van der Waals surface area contributed by atoms with E-state index in [0.29, 0.717) is 0 Å². The van der Waals surface area contributed by atoms with E-state index in [9.17, 15) is 9.90 Å². The van der Waals surface area contributed by atoms with Crippen LogP contribution in [-0.2, 0) is 11.2 Å². The molecule has 0 amide bonds. The highest BCUT2D eigenvalue weighted by atomic mass is 32.1. The molecule has 17 heavy (non-hydrogen) atoms. The first kappa shape index (κ1) is 10.3. The van der Waals surface area contributed by atoms with Crippen LogP contribution in [0.1, 0.15) is 5.56 Å². The number of carbonyl (C=O) groups is 1. The first-order valence-corrected chi connectivity index (χ1v) is 6.21. The average Bonchev–Trinajstić information content (AvgIpc) is 2.72. The zero-order chi connectivity index (χ0) is 11.8. The van der Waals surface area contributed by atoms with Crippen LogP contribution in [-0.4, -0.2) is 5.97 Å². The van der Waals surface area contributed by atoms with E-state index < -0.39 is 5.97 Å². The molecule has 0 aliphatic heterocycles. The largest absolute Gasteiger partial charge is 0.550 e. The minimum Gasteiger partial charge on any atom is -0.550 e. The summed E-state index contributed by atoms with van der Waals surface area (Å²) < 4.78 is 1.12. The Bertz CT molecular complexity index is 712. The zero-order valence-corrected chi connectivity index (χ0v) is 9.79. The van der Waals surface area contributed by atoms with Crippen molar-refractivity contribution in [1.82, 2.24) is 0 Å². The van der Waals surface area contributed by atoms with Crippen LogP contribution >= 0.6 is 11.3 Å². The molecule has 0 fully saturated rings. The van der Waals surface area contributed by atoms with Crippen molar-refractivity contribution in [2.45, 2.75) is 6.42 Å². The number of carboxylic acids is 1. The Morgan fingerprint density at radius 1 is 1.18 bits per heavy atom. The summed E-state index contributed by atoms with van der Waals surface area (Å²) in [4.78, 5) is 10.7. The summed E-state index contributed by atoms with van der Waals surface area (Å²) in [5, 5.41) is 16.0. The minimum absolute atomic E-state index is 0.0198. The van der Waals surface area contributed by atoms with Gasteiger partial charge in [0.1, 0.15) is 0 Å². The second-order valence-corrected chi connectivity index (χ2v) is 4.88. The first-order valence-electron chi connectivity index (χ1n) is 5.33. The molecule has 2 nitrogen and oxygen atoms in total. The highest BCUT2D eigenvalue weighted by Gasteiger charge is 2.07. The molecular weight excluding hydrogens is 232 g/mol. The minimum atomic E-state index is -1.03. The van der Waals surface area contributed by atoms with E-state index in [4.69, 9.17) is 0 Å². The SMILES string of the molecule is O=C([O-])Cc1csc2ccc3ccccc3c12. The maximum absolute atomic E-state index is 10.7. The maximum Gasteiger partial charge on any atom is 0.0458 e.